The fourth-order valence-corrected chi connectivity index (χ4v) is 2.09. The maximum absolute atomic E-state index is 12.3. The molecule has 0 aliphatic heterocycles. The molecule has 2 rings (SSSR count). The number of hydrogen-bond donors (Lipinski definition) is 1. The first-order valence-electron chi connectivity index (χ1n) is 6.67. The largest absolute Gasteiger partial charge is 0.481 e. The van der Waals surface area contributed by atoms with E-state index in [4.69, 9.17) is 16.7 Å². The number of aliphatic carboxylic acids is 1. The van der Waals surface area contributed by atoms with E-state index in [0.29, 0.717) is 10.6 Å². The van der Waals surface area contributed by atoms with Gasteiger partial charge in [0, 0.05) is 24.8 Å². The Hall–Kier alpha value is -2.34. The van der Waals surface area contributed by atoms with Crippen molar-refractivity contribution in [2.75, 3.05) is 13.6 Å². The lowest BCUT2D eigenvalue weighted by Gasteiger charge is -2.18. The van der Waals surface area contributed by atoms with Gasteiger partial charge >= 0.3 is 5.97 Å². The quantitative estimate of drug-likeness (QED) is 0.917. The van der Waals surface area contributed by atoms with E-state index in [0.717, 1.165) is 5.69 Å². The lowest BCUT2D eigenvalue weighted by Crippen LogP contribution is -2.33. The summed E-state index contributed by atoms with van der Waals surface area (Å²) in [6.45, 7) is 1.70. The zero-order valence-corrected chi connectivity index (χ0v) is 13.0. The first kappa shape index (κ1) is 16.0. The number of rotatable bonds is 5. The molecule has 7 heteroatoms. The van der Waals surface area contributed by atoms with Crippen molar-refractivity contribution in [3.05, 3.63) is 47.2 Å². The normalized spacial score (nSPS) is 12.0. The molecule has 22 heavy (non-hydrogen) atoms. The number of aromatic nitrogens is 2. The van der Waals surface area contributed by atoms with Crippen LogP contribution >= 0.6 is 11.6 Å². The van der Waals surface area contributed by atoms with Crippen molar-refractivity contribution in [3.63, 3.8) is 0 Å². The zero-order valence-electron chi connectivity index (χ0n) is 12.2. The minimum atomic E-state index is -0.934. The Bertz CT molecular complexity index is 682. The average molecular weight is 322 g/mol. The molecule has 1 heterocycles. The van der Waals surface area contributed by atoms with E-state index in [1.807, 2.05) is 0 Å². The molecule has 1 aromatic carbocycles. The number of nitrogens with zero attached hydrogens (tertiary/aromatic N) is 3. The van der Waals surface area contributed by atoms with Gasteiger partial charge in [-0.05, 0) is 24.3 Å². The molecule has 1 unspecified atom stereocenters. The third-order valence-corrected chi connectivity index (χ3v) is 3.49. The molecule has 1 amide bonds. The molecule has 1 aromatic heterocycles. The highest BCUT2D eigenvalue weighted by Crippen LogP contribution is 2.14. The van der Waals surface area contributed by atoms with Crippen molar-refractivity contribution in [1.82, 2.24) is 14.7 Å². The molecular formula is C15H16ClN3O3. The highest BCUT2D eigenvalue weighted by molar-refractivity contribution is 6.30. The molecule has 0 radical (unpaired) electrons. The molecule has 0 saturated heterocycles. The maximum atomic E-state index is 12.3. The molecule has 2 aromatic rings. The molecule has 6 nitrogen and oxygen atoms in total. The smallest absolute Gasteiger partial charge is 0.308 e. The lowest BCUT2D eigenvalue weighted by atomic mass is 10.1. The second kappa shape index (κ2) is 6.62. The Labute approximate surface area is 132 Å². The Morgan fingerprint density at radius 3 is 2.59 bits per heavy atom. The molecule has 0 aliphatic carbocycles. The molecule has 0 saturated carbocycles. The predicted octanol–water partition coefficient (Wildman–Crippen LogP) is 2.32. The number of halogens is 1. The highest BCUT2D eigenvalue weighted by Gasteiger charge is 2.19. The van der Waals surface area contributed by atoms with Gasteiger partial charge in [-0.1, -0.05) is 18.5 Å². The Morgan fingerprint density at radius 2 is 2.00 bits per heavy atom. The van der Waals surface area contributed by atoms with E-state index < -0.39 is 11.9 Å². The number of hydrogen-bond acceptors (Lipinski definition) is 3. The van der Waals surface area contributed by atoms with Gasteiger partial charge in [-0.3, -0.25) is 9.59 Å². The van der Waals surface area contributed by atoms with Crippen LogP contribution in [-0.2, 0) is 4.79 Å². The van der Waals surface area contributed by atoms with Crippen LogP contribution in [0, 0.1) is 5.92 Å². The molecule has 0 spiro atoms. The van der Waals surface area contributed by atoms with Gasteiger partial charge in [0.1, 0.15) is 0 Å². The summed E-state index contributed by atoms with van der Waals surface area (Å²) in [5.74, 6) is -1.83. The van der Waals surface area contributed by atoms with Crippen LogP contribution in [0.3, 0.4) is 0 Å². The van der Waals surface area contributed by atoms with E-state index in [9.17, 15) is 9.59 Å². The van der Waals surface area contributed by atoms with Gasteiger partial charge in [-0.25, -0.2) is 4.68 Å². The van der Waals surface area contributed by atoms with E-state index in [-0.39, 0.29) is 12.5 Å². The Balaban J connectivity index is 2.12. The fraction of sp³-hybridized carbons (Fsp3) is 0.267. The molecule has 0 aliphatic rings. The Morgan fingerprint density at radius 1 is 1.36 bits per heavy atom. The number of benzene rings is 1. The summed E-state index contributed by atoms with van der Waals surface area (Å²) < 4.78 is 1.57. The minimum absolute atomic E-state index is 0.139. The summed E-state index contributed by atoms with van der Waals surface area (Å²) in [6, 6.07) is 7.06. The zero-order chi connectivity index (χ0) is 16.3. The standard InChI is InChI=1S/C15H16ClN3O3/c1-10(15(21)22)8-18(2)14(20)11-7-17-19(9-11)13-5-3-12(16)4-6-13/h3-7,9-10H,8H2,1-2H3,(H,21,22). The van der Waals surface area contributed by atoms with Crippen LogP contribution in [0.15, 0.2) is 36.7 Å². The second-order valence-electron chi connectivity index (χ2n) is 5.07. The van der Waals surface area contributed by atoms with Crippen LogP contribution in [0.25, 0.3) is 5.69 Å². The van der Waals surface area contributed by atoms with Crippen LogP contribution in [0.2, 0.25) is 5.02 Å². The van der Waals surface area contributed by atoms with Crippen LogP contribution in [-0.4, -0.2) is 45.3 Å². The van der Waals surface area contributed by atoms with E-state index >= 15 is 0 Å². The summed E-state index contributed by atoms with van der Waals surface area (Å²) in [7, 11) is 1.57. The molecule has 0 bridgehead atoms. The summed E-state index contributed by atoms with van der Waals surface area (Å²) >= 11 is 5.83. The van der Waals surface area contributed by atoms with Gasteiger partial charge < -0.3 is 10.0 Å². The van der Waals surface area contributed by atoms with Crippen molar-refractivity contribution in [2.45, 2.75) is 6.92 Å². The van der Waals surface area contributed by atoms with E-state index in [2.05, 4.69) is 5.10 Å². The highest BCUT2D eigenvalue weighted by atomic mass is 35.5. The lowest BCUT2D eigenvalue weighted by molar-refractivity contribution is -0.141. The van der Waals surface area contributed by atoms with E-state index in [1.165, 1.54) is 11.1 Å². The van der Waals surface area contributed by atoms with Crippen molar-refractivity contribution < 1.29 is 14.7 Å². The second-order valence-corrected chi connectivity index (χ2v) is 5.51. The van der Waals surface area contributed by atoms with Crippen LogP contribution < -0.4 is 0 Å². The molecule has 116 valence electrons. The first-order valence-corrected chi connectivity index (χ1v) is 7.05. The van der Waals surface area contributed by atoms with Gasteiger partial charge in [0.15, 0.2) is 0 Å². The van der Waals surface area contributed by atoms with Crippen LogP contribution in [0.1, 0.15) is 17.3 Å². The van der Waals surface area contributed by atoms with Crippen molar-refractivity contribution in [3.8, 4) is 5.69 Å². The monoisotopic (exact) mass is 321 g/mol. The molecule has 1 N–H and O–H groups in total. The number of carbonyl (C=O) groups is 2. The first-order chi connectivity index (χ1) is 10.4. The third-order valence-electron chi connectivity index (χ3n) is 3.24. The summed E-state index contributed by atoms with van der Waals surface area (Å²) in [5.41, 5.74) is 1.18. The van der Waals surface area contributed by atoms with Gasteiger partial charge in [-0.15, -0.1) is 0 Å². The minimum Gasteiger partial charge on any atom is -0.481 e. The summed E-state index contributed by atoms with van der Waals surface area (Å²) in [6.07, 6.45) is 3.06. The van der Waals surface area contributed by atoms with E-state index in [1.54, 1.807) is 49.1 Å². The topological polar surface area (TPSA) is 75.4 Å². The summed E-state index contributed by atoms with van der Waals surface area (Å²) in [4.78, 5) is 24.5. The Kier molecular flexibility index (Phi) is 4.82. The maximum Gasteiger partial charge on any atom is 0.308 e. The number of amides is 1. The van der Waals surface area contributed by atoms with Gasteiger partial charge in [0.25, 0.3) is 5.91 Å². The predicted molar refractivity (Wildman–Crippen MR) is 82.3 cm³/mol. The third kappa shape index (κ3) is 3.65. The average Bonchev–Trinajstić information content (AvgIpc) is 2.96. The van der Waals surface area contributed by atoms with Gasteiger partial charge in [0.2, 0.25) is 0 Å². The van der Waals surface area contributed by atoms with Crippen LogP contribution in [0.4, 0.5) is 0 Å². The number of carboxylic acid groups (broad SMARTS) is 1. The SMILES string of the molecule is CC(CN(C)C(=O)c1cnn(-c2ccc(Cl)cc2)c1)C(=O)O. The molecule has 0 fully saturated rings. The van der Waals surface area contributed by atoms with Crippen LogP contribution in [0.5, 0.6) is 0 Å². The van der Waals surface area contributed by atoms with Gasteiger partial charge in [-0.2, -0.15) is 5.10 Å². The summed E-state index contributed by atoms with van der Waals surface area (Å²) in [5, 5.41) is 13.7. The molecule has 1 atom stereocenters. The van der Waals surface area contributed by atoms with Gasteiger partial charge in [0.05, 0.1) is 23.4 Å². The van der Waals surface area contributed by atoms with Crippen molar-refractivity contribution in [2.24, 2.45) is 5.92 Å². The fourth-order valence-electron chi connectivity index (χ4n) is 1.96. The molecular weight excluding hydrogens is 306 g/mol. The van der Waals surface area contributed by atoms with Crippen molar-refractivity contribution >= 4 is 23.5 Å². The number of carbonyl (C=O) groups excluding carboxylic acids is 1. The number of carboxylic acids is 1. The van der Waals surface area contributed by atoms with Crippen molar-refractivity contribution in [1.29, 1.82) is 0 Å².